The average Bonchev–Trinajstić information content (AvgIpc) is 2.42. The summed E-state index contributed by atoms with van der Waals surface area (Å²) >= 11 is 0. The molecule has 0 radical (unpaired) electrons. The van der Waals surface area contributed by atoms with Gasteiger partial charge in [0.25, 0.3) is 0 Å². The van der Waals surface area contributed by atoms with Gasteiger partial charge in [-0.15, -0.1) is 0 Å². The predicted molar refractivity (Wildman–Crippen MR) is 81.2 cm³/mol. The van der Waals surface area contributed by atoms with Gasteiger partial charge in [0.15, 0.2) is 0 Å². The van der Waals surface area contributed by atoms with Gasteiger partial charge in [-0.1, -0.05) is 29.8 Å². The minimum atomic E-state index is 0.336. The quantitative estimate of drug-likeness (QED) is 0.793. The zero-order valence-corrected chi connectivity index (χ0v) is 12.0. The monoisotopic (exact) mass is 271 g/mol. The van der Waals surface area contributed by atoms with Gasteiger partial charge < -0.3 is 15.2 Å². The lowest BCUT2D eigenvalue weighted by atomic mass is 10.1. The van der Waals surface area contributed by atoms with Crippen molar-refractivity contribution in [3.63, 3.8) is 0 Å². The predicted octanol–water partition coefficient (Wildman–Crippen LogP) is 3.18. The molecule has 0 atom stereocenters. The van der Waals surface area contributed by atoms with Crippen LogP contribution < -0.4 is 10.1 Å². The molecule has 2 N–H and O–H groups in total. The Kier molecular flexibility index (Phi) is 5.02. The first-order valence-corrected chi connectivity index (χ1v) is 6.84. The number of nitrogens with one attached hydrogen (secondary N) is 1. The standard InChI is InChI=1S/C17H21NO2/c1-13-4-3-5-16(11-13)20-9-8-18-12-15-10-14(2)6-7-17(15)19/h3-7,10-11,18-19H,8-9,12H2,1-2H3. The minimum Gasteiger partial charge on any atom is -0.508 e. The second kappa shape index (κ2) is 6.96. The molecule has 0 aliphatic carbocycles. The summed E-state index contributed by atoms with van der Waals surface area (Å²) in [6.07, 6.45) is 0. The van der Waals surface area contributed by atoms with E-state index < -0.39 is 0 Å². The minimum absolute atomic E-state index is 0.336. The van der Waals surface area contributed by atoms with Crippen molar-refractivity contribution >= 4 is 0 Å². The van der Waals surface area contributed by atoms with Crippen LogP contribution in [0.5, 0.6) is 11.5 Å². The molecule has 2 aromatic carbocycles. The summed E-state index contributed by atoms with van der Waals surface area (Å²) in [5.41, 5.74) is 3.26. The highest BCUT2D eigenvalue weighted by Gasteiger charge is 2.00. The van der Waals surface area contributed by atoms with Crippen molar-refractivity contribution in [3.05, 3.63) is 59.2 Å². The number of phenolic OH excluding ortho intramolecular Hbond substituents is 1. The Balaban J connectivity index is 1.73. The lowest BCUT2D eigenvalue weighted by Gasteiger charge is -2.09. The third kappa shape index (κ3) is 4.28. The van der Waals surface area contributed by atoms with E-state index in [0.717, 1.165) is 23.4 Å². The van der Waals surface area contributed by atoms with E-state index in [-0.39, 0.29) is 0 Å². The molecule has 106 valence electrons. The Labute approximate surface area is 120 Å². The molecule has 0 bridgehead atoms. The van der Waals surface area contributed by atoms with Crippen molar-refractivity contribution in [1.82, 2.24) is 5.32 Å². The molecule has 0 fully saturated rings. The van der Waals surface area contributed by atoms with Gasteiger partial charge in [-0.25, -0.2) is 0 Å². The van der Waals surface area contributed by atoms with Crippen LogP contribution in [0.4, 0.5) is 0 Å². The van der Waals surface area contributed by atoms with Crippen molar-refractivity contribution in [2.24, 2.45) is 0 Å². The van der Waals surface area contributed by atoms with Gasteiger partial charge in [0, 0.05) is 18.7 Å². The molecule has 0 saturated heterocycles. The summed E-state index contributed by atoms with van der Waals surface area (Å²) in [5.74, 6) is 1.23. The van der Waals surface area contributed by atoms with Gasteiger partial charge in [-0.3, -0.25) is 0 Å². The van der Waals surface area contributed by atoms with E-state index >= 15 is 0 Å². The molecule has 0 unspecified atom stereocenters. The maximum Gasteiger partial charge on any atom is 0.120 e. The van der Waals surface area contributed by atoms with Crippen molar-refractivity contribution in [2.75, 3.05) is 13.2 Å². The van der Waals surface area contributed by atoms with E-state index in [0.29, 0.717) is 18.9 Å². The van der Waals surface area contributed by atoms with Gasteiger partial charge in [0.1, 0.15) is 18.1 Å². The van der Waals surface area contributed by atoms with Crippen LogP contribution in [0.3, 0.4) is 0 Å². The van der Waals surface area contributed by atoms with Crippen LogP contribution in [-0.2, 0) is 6.54 Å². The number of aryl methyl sites for hydroxylation is 2. The fourth-order valence-corrected chi connectivity index (χ4v) is 2.03. The number of phenols is 1. The molecule has 3 heteroatoms. The maximum absolute atomic E-state index is 9.73. The number of benzene rings is 2. The zero-order valence-electron chi connectivity index (χ0n) is 12.0. The molecule has 3 nitrogen and oxygen atoms in total. The van der Waals surface area contributed by atoms with Gasteiger partial charge in [0.2, 0.25) is 0 Å². The van der Waals surface area contributed by atoms with Crippen molar-refractivity contribution in [1.29, 1.82) is 0 Å². The molecule has 0 spiro atoms. The number of aromatic hydroxyl groups is 1. The maximum atomic E-state index is 9.73. The molecular formula is C17H21NO2. The Morgan fingerprint density at radius 3 is 2.65 bits per heavy atom. The lowest BCUT2D eigenvalue weighted by molar-refractivity contribution is 0.313. The molecule has 0 heterocycles. The van der Waals surface area contributed by atoms with Crippen LogP contribution in [0, 0.1) is 13.8 Å². The van der Waals surface area contributed by atoms with Crippen LogP contribution in [0.15, 0.2) is 42.5 Å². The Morgan fingerprint density at radius 1 is 1.05 bits per heavy atom. The fraction of sp³-hybridized carbons (Fsp3) is 0.294. The number of ether oxygens (including phenoxy) is 1. The highest BCUT2D eigenvalue weighted by atomic mass is 16.5. The van der Waals surface area contributed by atoms with Crippen LogP contribution in [0.2, 0.25) is 0 Å². The highest BCUT2D eigenvalue weighted by molar-refractivity contribution is 5.35. The van der Waals surface area contributed by atoms with Crippen LogP contribution in [-0.4, -0.2) is 18.3 Å². The molecule has 20 heavy (non-hydrogen) atoms. The third-order valence-corrected chi connectivity index (χ3v) is 3.09. The SMILES string of the molecule is Cc1cccc(OCCNCc2cc(C)ccc2O)c1. The van der Waals surface area contributed by atoms with E-state index in [1.807, 2.05) is 50.2 Å². The second-order valence-corrected chi connectivity index (χ2v) is 4.97. The summed E-state index contributed by atoms with van der Waals surface area (Å²) < 4.78 is 5.65. The third-order valence-electron chi connectivity index (χ3n) is 3.09. The number of hydrogen-bond donors (Lipinski definition) is 2. The van der Waals surface area contributed by atoms with Crippen molar-refractivity contribution in [2.45, 2.75) is 20.4 Å². The van der Waals surface area contributed by atoms with E-state index in [1.165, 1.54) is 5.56 Å². The normalized spacial score (nSPS) is 10.5. The molecular weight excluding hydrogens is 250 g/mol. The summed E-state index contributed by atoms with van der Waals surface area (Å²) in [4.78, 5) is 0. The molecule has 0 saturated carbocycles. The van der Waals surface area contributed by atoms with Gasteiger partial charge in [0.05, 0.1) is 0 Å². The molecule has 2 rings (SSSR count). The largest absolute Gasteiger partial charge is 0.508 e. The van der Waals surface area contributed by atoms with Crippen molar-refractivity contribution in [3.8, 4) is 11.5 Å². The van der Waals surface area contributed by atoms with Crippen LogP contribution in [0.1, 0.15) is 16.7 Å². The molecule has 0 aromatic heterocycles. The van der Waals surface area contributed by atoms with E-state index in [4.69, 9.17) is 4.74 Å². The Hall–Kier alpha value is -2.00. The summed E-state index contributed by atoms with van der Waals surface area (Å²) in [7, 11) is 0. The average molecular weight is 271 g/mol. The van der Waals surface area contributed by atoms with E-state index in [1.54, 1.807) is 6.07 Å². The summed E-state index contributed by atoms with van der Waals surface area (Å²) in [6.45, 7) is 6.05. The molecule has 0 amide bonds. The smallest absolute Gasteiger partial charge is 0.120 e. The van der Waals surface area contributed by atoms with E-state index in [2.05, 4.69) is 5.32 Å². The van der Waals surface area contributed by atoms with Crippen LogP contribution >= 0.6 is 0 Å². The first-order chi connectivity index (χ1) is 9.65. The summed E-state index contributed by atoms with van der Waals surface area (Å²) in [5, 5.41) is 13.0. The van der Waals surface area contributed by atoms with Crippen LogP contribution in [0.25, 0.3) is 0 Å². The second-order valence-electron chi connectivity index (χ2n) is 4.97. The zero-order chi connectivity index (χ0) is 14.4. The molecule has 0 aliphatic heterocycles. The Morgan fingerprint density at radius 2 is 1.85 bits per heavy atom. The van der Waals surface area contributed by atoms with Crippen molar-refractivity contribution < 1.29 is 9.84 Å². The molecule has 2 aromatic rings. The molecule has 0 aliphatic rings. The lowest BCUT2D eigenvalue weighted by Crippen LogP contribution is -2.20. The first kappa shape index (κ1) is 14.4. The van der Waals surface area contributed by atoms with Gasteiger partial charge >= 0.3 is 0 Å². The Bertz CT molecular complexity index is 567. The first-order valence-electron chi connectivity index (χ1n) is 6.84. The fourth-order valence-electron chi connectivity index (χ4n) is 2.03. The van der Waals surface area contributed by atoms with E-state index in [9.17, 15) is 5.11 Å². The number of rotatable bonds is 6. The highest BCUT2D eigenvalue weighted by Crippen LogP contribution is 2.17. The van der Waals surface area contributed by atoms with Gasteiger partial charge in [-0.2, -0.15) is 0 Å². The summed E-state index contributed by atoms with van der Waals surface area (Å²) in [6, 6.07) is 13.6. The number of hydrogen-bond acceptors (Lipinski definition) is 3. The topological polar surface area (TPSA) is 41.5 Å². The van der Waals surface area contributed by atoms with Gasteiger partial charge in [-0.05, 0) is 37.6 Å².